The van der Waals surface area contributed by atoms with E-state index < -0.39 is 0 Å². The summed E-state index contributed by atoms with van der Waals surface area (Å²) in [7, 11) is 0. The van der Waals surface area contributed by atoms with E-state index in [4.69, 9.17) is 17.3 Å². The van der Waals surface area contributed by atoms with Gasteiger partial charge in [0, 0.05) is 15.7 Å². The van der Waals surface area contributed by atoms with E-state index in [-0.39, 0.29) is 0 Å². The molecule has 18 heavy (non-hydrogen) atoms. The summed E-state index contributed by atoms with van der Waals surface area (Å²) in [6, 6.07) is 11.3. The Balaban J connectivity index is 2.22. The highest BCUT2D eigenvalue weighted by Gasteiger charge is 2.08. The zero-order valence-electron chi connectivity index (χ0n) is 9.24. The molecule has 0 aliphatic rings. The molecule has 0 bridgehead atoms. The molecule has 0 saturated carbocycles. The third-order valence-electron chi connectivity index (χ3n) is 2.66. The number of nitrogen functional groups attached to an aromatic ring is 1. The molecule has 0 aliphatic heterocycles. The zero-order chi connectivity index (χ0) is 12.7. The first-order valence-electron chi connectivity index (χ1n) is 5.34. The van der Waals surface area contributed by atoms with E-state index in [1.54, 1.807) is 0 Å². The summed E-state index contributed by atoms with van der Waals surface area (Å²) in [6.07, 6.45) is 0. The second kappa shape index (κ2) is 4.30. The van der Waals surface area contributed by atoms with E-state index in [9.17, 15) is 0 Å². The number of imidazole rings is 1. The van der Waals surface area contributed by atoms with Gasteiger partial charge in [-0.2, -0.15) is 0 Å². The maximum Gasteiger partial charge on any atom is 0.138 e. The van der Waals surface area contributed by atoms with Crippen LogP contribution >= 0.6 is 27.5 Å². The Labute approximate surface area is 117 Å². The van der Waals surface area contributed by atoms with Gasteiger partial charge in [-0.05, 0) is 30.3 Å². The zero-order valence-corrected chi connectivity index (χ0v) is 11.6. The average molecular weight is 323 g/mol. The number of para-hydroxylation sites is 1. The minimum atomic E-state index is 0.637. The Hall–Kier alpha value is -1.52. The van der Waals surface area contributed by atoms with Crippen molar-refractivity contribution >= 4 is 44.3 Å². The van der Waals surface area contributed by atoms with Crippen molar-refractivity contribution < 1.29 is 0 Å². The molecule has 90 valence electrons. The van der Waals surface area contributed by atoms with Gasteiger partial charge in [0.1, 0.15) is 11.3 Å². The van der Waals surface area contributed by atoms with Crippen LogP contribution in [0.5, 0.6) is 0 Å². The van der Waals surface area contributed by atoms with E-state index in [1.165, 1.54) is 0 Å². The summed E-state index contributed by atoms with van der Waals surface area (Å²) in [4.78, 5) is 7.74. The molecule has 5 heteroatoms. The molecule has 1 heterocycles. The Morgan fingerprint density at radius 3 is 2.78 bits per heavy atom. The van der Waals surface area contributed by atoms with Crippen LogP contribution in [0.1, 0.15) is 0 Å². The monoisotopic (exact) mass is 321 g/mol. The SMILES string of the molecule is Nc1cc(Br)cc(-c2nc3c(Cl)cccc3[nH]2)c1. The van der Waals surface area contributed by atoms with Crippen molar-refractivity contribution in [1.29, 1.82) is 0 Å². The number of hydrogen-bond donors (Lipinski definition) is 2. The highest BCUT2D eigenvalue weighted by molar-refractivity contribution is 9.10. The van der Waals surface area contributed by atoms with Crippen LogP contribution in [0.25, 0.3) is 22.4 Å². The molecular weight excluding hydrogens is 314 g/mol. The highest BCUT2D eigenvalue weighted by atomic mass is 79.9. The number of halogens is 2. The van der Waals surface area contributed by atoms with Crippen LogP contribution in [0, 0.1) is 0 Å². The molecule has 0 atom stereocenters. The van der Waals surface area contributed by atoms with Crippen molar-refractivity contribution in [3.05, 3.63) is 45.9 Å². The van der Waals surface area contributed by atoms with Crippen LogP contribution in [0.4, 0.5) is 5.69 Å². The van der Waals surface area contributed by atoms with Crippen molar-refractivity contribution in [2.45, 2.75) is 0 Å². The molecule has 0 fully saturated rings. The minimum Gasteiger partial charge on any atom is -0.399 e. The normalized spacial score (nSPS) is 11.0. The Kier molecular flexibility index (Phi) is 2.76. The smallest absolute Gasteiger partial charge is 0.138 e. The molecule has 0 saturated heterocycles. The van der Waals surface area contributed by atoms with Crippen LogP contribution in [-0.4, -0.2) is 9.97 Å². The Morgan fingerprint density at radius 2 is 2.06 bits per heavy atom. The maximum absolute atomic E-state index is 6.10. The van der Waals surface area contributed by atoms with Crippen LogP contribution in [0.15, 0.2) is 40.9 Å². The Bertz CT molecular complexity index is 716. The first-order chi connectivity index (χ1) is 8.63. The third-order valence-corrected chi connectivity index (χ3v) is 3.42. The number of nitrogens with two attached hydrogens (primary N) is 1. The largest absolute Gasteiger partial charge is 0.399 e. The van der Waals surface area contributed by atoms with Crippen molar-refractivity contribution in [3.8, 4) is 11.4 Å². The van der Waals surface area contributed by atoms with Gasteiger partial charge in [-0.15, -0.1) is 0 Å². The minimum absolute atomic E-state index is 0.637. The molecule has 0 unspecified atom stereocenters. The summed E-state index contributed by atoms with van der Waals surface area (Å²) in [5.41, 5.74) is 9.12. The lowest BCUT2D eigenvalue weighted by Gasteiger charge is -2.00. The highest BCUT2D eigenvalue weighted by Crippen LogP contribution is 2.28. The van der Waals surface area contributed by atoms with E-state index in [1.807, 2.05) is 36.4 Å². The lowest BCUT2D eigenvalue weighted by molar-refractivity contribution is 1.33. The summed E-state index contributed by atoms with van der Waals surface area (Å²) in [5.74, 6) is 0.756. The van der Waals surface area contributed by atoms with Gasteiger partial charge in [0.25, 0.3) is 0 Å². The van der Waals surface area contributed by atoms with E-state index in [2.05, 4.69) is 25.9 Å². The quantitative estimate of drug-likeness (QED) is 0.659. The number of H-pyrrole nitrogens is 1. The molecule has 3 nitrogen and oxygen atoms in total. The summed E-state index contributed by atoms with van der Waals surface area (Å²) in [5, 5.41) is 0.637. The number of fused-ring (bicyclic) bond motifs is 1. The van der Waals surface area contributed by atoms with E-state index in [0.717, 1.165) is 26.9 Å². The summed E-state index contributed by atoms with van der Waals surface area (Å²) >= 11 is 9.52. The van der Waals surface area contributed by atoms with Crippen molar-refractivity contribution in [3.63, 3.8) is 0 Å². The van der Waals surface area contributed by atoms with Crippen molar-refractivity contribution in [2.24, 2.45) is 0 Å². The number of aromatic amines is 1. The summed E-state index contributed by atoms with van der Waals surface area (Å²) in [6.45, 7) is 0. The number of rotatable bonds is 1. The lowest BCUT2D eigenvalue weighted by atomic mass is 10.2. The van der Waals surface area contributed by atoms with Crippen LogP contribution < -0.4 is 5.73 Å². The number of aromatic nitrogens is 2. The van der Waals surface area contributed by atoms with Gasteiger partial charge >= 0.3 is 0 Å². The molecule has 0 amide bonds. The first kappa shape index (κ1) is 11.6. The number of anilines is 1. The molecule has 0 spiro atoms. The molecule has 3 aromatic rings. The number of hydrogen-bond acceptors (Lipinski definition) is 2. The second-order valence-electron chi connectivity index (χ2n) is 3.99. The van der Waals surface area contributed by atoms with Gasteiger partial charge in [0.2, 0.25) is 0 Å². The number of benzene rings is 2. The predicted molar refractivity (Wildman–Crippen MR) is 78.7 cm³/mol. The fourth-order valence-corrected chi connectivity index (χ4v) is 2.61. The average Bonchev–Trinajstić information content (AvgIpc) is 2.73. The lowest BCUT2D eigenvalue weighted by Crippen LogP contribution is -1.87. The fraction of sp³-hybridized carbons (Fsp3) is 0. The molecule has 3 N–H and O–H groups in total. The van der Waals surface area contributed by atoms with E-state index >= 15 is 0 Å². The topological polar surface area (TPSA) is 54.7 Å². The Morgan fingerprint density at radius 1 is 1.22 bits per heavy atom. The third kappa shape index (κ3) is 1.98. The number of nitrogens with one attached hydrogen (secondary N) is 1. The van der Waals surface area contributed by atoms with Gasteiger partial charge in [-0.3, -0.25) is 0 Å². The van der Waals surface area contributed by atoms with Gasteiger partial charge in [0.05, 0.1) is 10.5 Å². The summed E-state index contributed by atoms with van der Waals surface area (Å²) < 4.78 is 0.920. The molecule has 1 aromatic heterocycles. The van der Waals surface area contributed by atoms with Crippen molar-refractivity contribution in [1.82, 2.24) is 9.97 Å². The maximum atomic E-state index is 6.10. The van der Waals surface area contributed by atoms with Gasteiger partial charge < -0.3 is 10.7 Å². The van der Waals surface area contributed by atoms with Crippen molar-refractivity contribution in [2.75, 3.05) is 5.73 Å². The first-order valence-corrected chi connectivity index (χ1v) is 6.51. The van der Waals surface area contributed by atoms with Gasteiger partial charge in [-0.1, -0.05) is 33.6 Å². The molecule has 0 aliphatic carbocycles. The van der Waals surface area contributed by atoms with Crippen LogP contribution in [-0.2, 0) is 0 Å². The number of nitrogens with zero attached hydrogens (tertiary/aromatic N) is 1. The van der Waals surface area contributed by atoms with Crippen LogP contribution in [0.2, 0.25) is 5.02 Å². The van der Waals surface area contributed by atoms with E-state index in [0.29, 0.717) is 10.7 Å². The predicted octanol–water partition coefficient (Wildman–Crippen LogP) is 4.23. The fourth-order valence-electron chi connectivity index (χ4n) is 1.88. The second-order valence-corrected chi connectivity index (χ2v) is 5.32. The van der Waals surface area contributed by atoms with Gasteiger partial charge in [-0.25, -0.2) is 4.98 Å². The molecular formula is C13H9BrClN3. The molecule has 0 radical (unpaired) electrons. The standard InChI is InChI=1S/C13H9BrClN3/c14-8-4-7(5-9(16)6-8)13-17-11-3-1-2-10(15)12(11)18-13/h1-6H,16H2,(H,17,18). The molecule has 2 aromatic carbocycles. The molecule has 3 rings (SSSR count). The van der Waals surface area contributed by atoms with Crippen LogP contribution in [0.3, 0.4) is 0 Å². The van der Waals surface area contributed by atoms with Gasteiger partial charge in [0.15, 0.2) is 0 Å².